The Morgan fingerprint density at radius 1 is 1.35 bits per heavy atom. The number of hydrogen-bond donors (Lipinski definition) is 2. The average molecular weight is 303 g/mol. The van der Waals surface area contributed by atoms with E-state index in [1.807, 2.05) is 0 Å². The van der Waals surface area contributed by atoms with Gasteiger partial charge in [0.2, 0.25) is 0 Å². The molecule has 20 heavy (non-hydrogen) atoms. The molecule has 2 fully saturated rings. The highest BCUT2D eigenvalue weighted by molar-refractivity contribution is 7.91. The molecule has 5 heteroatoms. The normalized spacial score (nSPS) is 44.9. The van der Waals surface area contributed by atoms with Crippen molar-refractivity contribution in [2.24, 2.45) is 28.9 Å². The third-order valence-corrected chi connectivity index (χ3v) is 7.56. The Bertz CT molecular complexity index is 462. The highest BCUT2D eigenvalue weighted by Crippen LogP contribution is 2.54. The topological polar surface area (TPSA) is 80.4 Å². The second kappa shape index (κ2) is 5.25. The number of hydrogen-bond acceptors (Lipinski definition) is 4. The monoisotopic (exact) mass is 303 g/mol. The minimum absolute atomic E-state index is 0.0585. The van der Waals surface area contributed by atoms with E-state index in [4.69, 9.17) is 5.73 Å². The van der Waals surface area contributed by atoms with Gasteiger partial charge in [-0.15, -0.1) is 0 Å². The lowest BCUT2D eigenvalue weighted by Gasteiger charge is -2.54. The van der Waals surface area contributed by atoms with E-state index in [1.165, 1.54) is 0 Å². The van der Waals surface area contributed by atoms with E-state index >= 15 is 0 Å². The molecule has 1 saturated carbocycles. The third-order valence-electron chi connectivity index (χ3n) is 5.75. The van der Waals surface area contributed by atoms with Crippen LogP contribution >= 0.6 is 0 Å². The molecule has 0 amide bonds. The molecule has 0 bridgehead atoms. The second-order valence-corrected chi connectivity index (χ2v) is 9.67. The van der Waals surface area contributed by atoms with Gasteiger partial charge in [0.05, 0.1) is 17.1 Å². The van der Waals surface area contributed by atoms with Crippen molar-refractivity contribution in [3.05, 3.63) is 0 Å². The van der Waals surface area contributed by atoms with Crippen molar-refractivity contribution >= 4 is 9.84 Å². The van der Waals surface area contributed by atoms with E-state index in [1.54, 1.807) is 0 Å². The van der Waals surface area contributed by atoms with E-state index in [9.17, 15) is 13.5 Å². The average Bonchev–Trinajstić information content (AvgIpc) is 2.66. The molecule has 0 aromatic rings. The molecule has 0 aromatic heterocycles. The third kappa shape index (κ3) is 2.53. The second-order valence-electron chi connectivity index (χ2n) is 7.49. The zero-order chi connectivity index (χ0) is 15.2. The zero-order valence-corrected chi connectivity index (χ0v) is 13.7. The van der Waals surface area contributed by atoms with Gasteiger partial charge in [-0.3, -0.25) is 0 Å². The molecular weight excluding hydrogens is 274 g/mol. The van der Waals surface area contributed by atoms with Crippen molar-refractivity contribution in [3.63, 3.8) is 0 Å². The zero-order valence-electron chi connectivity index (χ0n) is 12.9. The largest absolute Gasteiger partial charge is 0.389 e. The van der Waals surface area contributed by atoms with Crippen LogP contribution in [0.1, 0.15) is 46.5 Å². The molecular formula is C15H29NO3S. The van der Waals surface area contributed by atoms with Gasteiger partial charge < -0.3 is 10.8 Å². The van der Waals surface area contributed by atoms with Crippen LogP contribution in [0.15, 0.2) is 0 Å². The van der Waals surface area contributed by atoms with Crippen LogP contribution in [0.5, 0.6) is 0 Å². The maximum absolute atomic E-state index is 12.0. The van der Waals surface area contributed by atoms with Crippen molar-refractivity contribution < 1.29 is 13.5 Å². The van der Waals surface area contributed by atoms with Crippen LogP contribution in [0.25, 0.3) is 0 Å². The molecule has 2 rings (SSSR count). The summed E-state index contributed by atoms with van der Waals surface area (Å²) in [5, 5.41) is 11.5. The van der Waals surface area contributed by atoms with Gasteiger partial charge in [-0.25, -0.2) is 8.42 Å². The molecule has 1 heterocycles. The summed E-state index contributed by atoms with van der Waals surface area (Å²) < 4.78 is 24.0. The summed E-state index contributed by atoms with van der Waals surface area (Å²) in [6, 6.07) is 0. The van der Waals surface area contributed by atoms with Crippen LogP contribution in [0.3, 0.4) is 0 Å². The number of sulfone groups is 1. The molecule has 0 spiro atoms. The van der Waals surface area contributed by atoms with Crippen molar-refractivity contribution in [1.29, 1.82) is 0 Å². The first-order chi connectivity index (χ1) is 9.16. The molecule has 0 aromatic carbocycles. The highest BCUT2D eigenvalue weighted by Gasteiger charge is 2.60. The highest BCUT2D eigenvalue weighted by atomic mass is 32.2. The standard InChI is InChI=1S/C15H29NO3S/c1-11(2)13-5-4-12(3)8-15(13,17)14(9-16)6-7-20(18,19)10-14/h11-13,17H,4-10,16H2,1-3H3. The molecule has 2 aliphatic rings. The van der Waals surface area contributed by atoms with Gasteiger partial charge in [-0.1, -0.05) is 27.2 Å². The fraction of sp³-hybridized carbons (Fsp3) is 1.00. The number of rotatable bonds is 3. The molecule has 4 atom stereocenters. The van der Waals surface area contributed by atoms with Crippen LogP contribution in [0.4, 0.5) is 0 Å². The Hall–Kier alpha value is -0.130. The minimum atomic E-state index is -3.06. The molecule has 0 radical (unpaired) electrons. The Morgan fingerprint density at radius 3 is 2.45 bits per heavy atom. The number of nitrogens with two attached hydrogens (primary N) is 1. The van der Waals surface area contributed by atoms with Gasteiger partial charge in [-0.2, -0.15) is 0 Å². The lowest BCUT2D eigenvalue weighted by molar-refractivity contribution is -0.157. The lowest BCUT2D eigenvalue weighted by Crippen LogP contribution is -2.61. The van der Waals surface area contributed by atoms with Crippen LogP contribution in [0.2, 0.25) is 0 Å². The maximum atomic E-state index is 12.0. The number of aliphatic hydroxyl groups is 1. The van der Waals surface area contributed by atoms with Crippen LogP contribution in [-0.2, 0) is 9.84 Å². The molecule has 4 nitrogen and oxygen atoms in total. The SMILES string of the molecule is CC1CCC(C(C)C)C(O)(C2(CN)CCS(=O)(=O)C2)C1. The molecule has 1 aliphatic carbocycles. The van der Waals surface area contributed by atoms with Gasteiger partial charge in [0.25, 0.3) is 0 Å². The van der Waals surface area contributed by atoms with Gasteiger partial charge in [0.15, 0.2) is 9.84 Å². The van der Waals surface area contributed by atoms with E-state index < -0.39 is 20.9 Å². The molecule has 1 saturated heterocycles. The van der Waals surface area contributed by atoms with Crippen molar-refractivity contribution in [3.8, 4) is 0 Å². The fourth-order valence-corrected chi connectivity index (χ4v) is 6.78. The van der Waals surface area contributed by atoms with E-state index in [0.717, 1.165) is 12.8 Å². The summed E-state index contributed by atoms with van der Waals surface area (Å²) in [6.07, 6.45) is 3.27. The summed E-state index contributed by atoms with van der Waals surface area (Å²) in [5.41, 5.74) is 4.41. The molecule has 4 unspecified atom stereocenters. The summed E-state index contributed by atoms with van der Waals surface area (Å²) >= 11 is 0. The Morgan fingerprint density at radius 2 is 2.00 bits per heavy atom. The van der Waals surface area contributed by atoms with Crippen LogP contribution < -0.4 is 5.73 Å². The predicted octanol–water partition coefficient (Wildman–Crippen LogP) is 1.57. The summed E-state index contributed by atoms with van der Waals surface area (Å²) in [6.45, 7) is 6.66. The van der Waals surface area contributed by atoms with Crippen LogP contribution in [-0.4, -0.2) is 37.2 Å². The Balaban J connectivity index is 2.43. The maximum Gasteiger partial charge on any atom is 0.151 e. The van der Waals surface area contributed by atoms with E-state index in [0.29, 0.717) is 24.7 Å². The van der Waals surface area contributed by atoms with Crippen molar-refractivity contribution in [2.45, 2.75) is 52.1 Å². The lowest BCUT2D eigenvalue weighted by atomic mass is 9.55. The fourth-order valence-electron chi connectivity index (χ4n) is 4.58. The van der Waals surface area contributed by atoms with Gasteiger partial charge in [0, 0.05) is 12.0 Å². The molecule has 3 N–H and O–H groups in total. The summed E-state index contributed by atoms with van der Waals surface area (Å²) in [5.74, 6) is 1.16. The minimum Gasteiger partial charge on any atom is -0.389 e. The van der Waals surface area contributed by atoms with E-state index in [2.05, 4.69) is 20.8 Å². The Kier molecular flexibility index (Phi) is 4.27. The summed E-state index contributed by atoms with van der Waals surface area (Å²) in [4.78, 5) is 0. The van der Waals surface area contributed by atoms with Gasteiger partial charge >= 0.3 is 0 Å². The van der Waals surface area contributed by atoms with Crippen molar-refractivity contribution in [1.82, 2.24) is 0 Å². The van der Waals surface area contributed by atoms with Gasteiger partial charge in [0.1, 0.15) is 0 Å². The molecule has 118 valence electrons. The quantitative estimate of drug-likeness (QED) is 0.829. The smallest absolute Gasteiger partial charge is 0.151 e. The molecule has 1 aliphatic heterocycles. The summed E-state index contributed by atoms with van der Waals surface area (Å²) in [7, 11) is -3.06. The van der Waals surface area contributed by atoms with Crippen molar-refractivity contribution in [2.75, 3.05) is 18.1 Å². The Labute approximate surface area is 123 Å². The van der Waals surface area contributed by atoms with E-state index in [-0.39, 0.29) is 24.0 Å². The first-order valence-electron chi connectivity index (χ1n) is 7.79. The van der Waals surface area contributed by atoms with Crippen LogP contribution in [0, 0.1) is 23.2 Å². The predicted molar refractivity (Wildman–Crippen MR) is 81.1 cm³/mol. The van der Waals surface area contributed by atoms with Gasteiger partial charge in [-0.05, 0) is 37.0 Å². The first kappa shape index (κ1) is 16.2. The first-order valence-corrected chi connectivity index (χ1v) is 9.61.